The molecule has 122 valence electrons. The first kappa shape index (κ1) is 17.2. The third kappa shape index (κ3) is 5.18. The topological polar surface area (TPSA) is 41.6 Å². The van der Waals surface area contributed by atoms with Gasteiger partial charge >= 0.3 is 0 Å². The highest BCUT2D eigenvalue weighted by atomic mass is 35.5. The highest BCUT2D eigenvalue weighted by Crippen LogP contribution is 2.17. The maximum absolute atomic E-state index is 12.1. The molecule has 0 saturated carbocycles. The summed E-state index contributed by atoms with van der Waals surface area (Å²) in [5.41, 5.74) is 1.73. The molecule has 0 unspecified atom stereocenters. The van der Waals surface area contributed by atoms with Gasteiger partial charge in [-0.3, -0.25) is 4.79 Å². The van der Waals surface area contributed by atoms with E-state index in [2.05, 4.69) is 17.1 Å². The van der Waals surface area contributed by atoms with Crippen LogP contribution in [0.4, 0.5) is 5.69 Å². The van der Waals surface area contributed by atoms with E-state index in [0.29, 0.717) is 29.5 Å². The zero-order valence-corrected chi connectivity index (χ0v) is 14.1. The highest BCUT2D eigenvalue weighted by molar-refractivity contribution is 6.30. The Labute approximate surface area is 142 Å². The van der Waals surface area contributed by atoms with Crippen LogP contribution in [0.5, 0.6) is 5.75 Å². The molecule has 0 aliphatic heterocycles. The van der Waals surface area contributed by atoms with Crippen LogP contribution in [-0.2, 0) is 0 Å². The molecule has 0 aromatic heterocycles. The molecule has 0 saturated heterocycles. The van der Waals surface area contributed by atoms with Gasteiger partial charge in [-0.25, -0.2) is 0 Å². The van der Waals surface area contributed by atoms with Crippen molar-refractivity contribution < 1.29 is 9.53 Å². The van der Waals surface area contributed by atoms with E-state index in [-0.39, 0.29) is 5.91 Å². The minimum atomic E-state index is -0.106. The summed E-state index contributed by atoms with van der Waals surface area (Å²) in [6.45, 7) is 3.83. The second-order valence-corrected chi connectivity index (χ2v) is 5.56. The second kappa shape index (κ2) is 8.44. The SMILES string of the molecule is CCN(C)c1ccc(C(=O)NCCOc2cccc(Cl)c2)cc1. The van der Waals surface area contributed by atoms with E-state index in [9.17, 15) is 4.79 Å². The van der Waals surface area contributed by atoms with Crippen LogP contribution in [0.15, 0.2) is 48.5 Å². The number of nitrogens with one attached hydrogen (secondary N) is 1. The molecular weight excluding hydrogens is 312 g/mol. The Morgan fingerprint density at radius 3 is 2.61 bits per heavy atom. The number of anilines is 1. The number of ether oxygens (including phenoxy) is 1. The van der Waals surface area contributed by atoms with Gasteiger partial charge < -0.3 is 15.0 Å². The average molecular weight is 333 g/mol. The van der Waals surface area contributed by atoms with Gasteiger partial charge in [0, 0.05) is 29.9 Å². The van der Waals surface area contributed by atoms with E-state index >= 15 is 0 Å². The number of carbonyl (C=O) groups is 1. The summed E-state index contributed by atoms with van der Waals surface area (Å²) in [5, 5.41) is 3.46. The second-order valence-electron chi connectivity index (χ2n) is 5.12. The predicted molar refractivity (Wildman–Crippen MR) is 94.7 cm³/mol. The van der Waals surface area contributed by atoms with Crippen LogP contribution < -0.4 is 15.0 Å². The molecule has 0 aliphatic carbocycles. The van der Waals surface area contributed by atoms with E-state index in [4.69, 9.17) is 16.3 Å². The lowest BCUT2D eigenvalue weighted by Gasteiger charge is -2.16. The monoisotopic (exact) mass is 332 g/mol. The fourth-order valence-corrected chi connectivity index (χ4v) is 2.22. The Bertz CT molecular complexity index is 644. The first-order valence-electron chi connectivity index (χ1n) is 7.58. The van der Waals surface area contributed by atoms with Gasteiger partial charge in [0.05, 0.1) is 6.54 Å². The molecule has 5 heteroatoms. The quantitative estimate of drug-likeness (QED) is 0.788. The molecule has 0 radical (unpaired) electrons. The van der Waals surface area contributed by atoms with Crippen molar-refractivity contribution in [3.05, 3.63) is 59.1 Å². The molecule has 4 nitrogen and oxygen atoms in total. The summed E-state index contributed by atoms with van der Waals surface area (Å²) < 4.78 is 5.53. The van der Waals surface area contributed by atoms with Crippen LogP contribution in [0.25, 0.3) is 0 Å². The zero-order valence-electron chi connectivity index (χ0n) is 13.4. The van der Waals surface area contributed by atoms with Crippen LogP contribution >= 0.6 is 11.6 Å². The molecule has 0 heterocycles. The molecular formula is C18H21ClN2O2. The van der Waals surface area contributed by atoms with Gasteiger partial charge in [-0.1, -0.05) is 17.7 Å². The minimum absolute atomic E-state index is 0.106. The molecule has 0 bridgehead atoms. The fraction of sp³-hybridized carbons (Fsp3) is 0.278. The lowest BCUT2D eigenvalue weighted by atomic mass is 10.2. The lowest BCUT2D eigenvalue weighted by Crippen LogP contribution is -2.28. The van der Waals surface area contributed by atoms with Crippen molar-refractivity contribution in [1.82, 2.24) is 5.32 Å². The van der Waals surface area contributed by atoms with Crippen LogP contribution in [0.3, 0.4) is 0 Å². The number of amides is 1. The Balaban J connectivity index is 1.78. The summed E-state index contributed by atoms with van der Waals surface area (Å²) in [7, 11) is 2.02. The van der Waals surface area contributed by atoms with Crippen molar-refractivity contribution in [3.8, 4) is 5.75 Å². The van der Waals surface area contributed by atoms with Gasteiger partial charge in [-0.2, -0.15) is 0 Å². The molecule has 23 heavy (non-hydrogen) atoms. The molecule has 0 spiro atoms. The molecule has 1 amide bonds. The van der Waals surface area contributed by atoms with Crippen molar-refractivity contribution in [2.24, 2.45) is 0 Å². The van der Waals surface area contributed by atoms with E-state index in [1.807, 2.05) is 43.4 Å². The highest BCUT2D eigenvalue weighted by Gasteiger charge is 2.06. The Morgan fingerprint density at radius 1 is 1.22 bits per heavy atom. The van der Waals surface area contributed by atoms with Crippen molar-refractivity contribution in [2.75, 3.05) is 31.6 Å². The molecule has 0 fully saturated rings. The number of nitrogens with zero attached hydrogens (tertiary/aromatic N) is 1. The van der Waals surface area contributed by atoms with Crippen molar-refractivity contribution in [1.29, 1.82) is 0 Å². The third-order valence-corrected chi connectivity index (χ3v) is 3.73. The number of carbonyl (C=O) groups excluding carboxylic acids is 1. The van der Waals surface area contributed by atoms with Gasteiger partial charge in [-0.05, 0) is 49.4 Å². The Morgan fingerprint density at radius 2 is 1.96 bits per heavy atom. The number of hydrogen-bond acceptors (Lipinski definition) is 3. The van der Waals surface area contributed by atoms with Crippen LogP contribution in [0, 0.1) is 0 Å². The van der Waals surface area contributed by atoms with Gasteiger partial charge in [0.2, 0.25) is 0 Å². The molecule has 0 aliphatic rings. The smallest absolute Gasteiger partial charge is 0.251 e. The van der Waals surface area contributed by atoms with E-state index < -0.39 is 0 Å². The zero-order chi connectivity index (χ0) is 16.7. The van der Waals surface area contributed by atoms with Crippen LogP contribution in [0.1, 0.15) is 17.3 Å². The normalized spacial score (nSPS) is 10.2. The lowest BCUT2D eigenvalue weighted by molar-refractivity contribution is 0.0947. The largest absolute Gasteiger partial charge is 0.492 e. The number of rotatable bonds is 7. The summed E-state index contributed by atoms with van der Waals surface area (Å²) >= 11 is 5.88. The van der Waals surface area contributed by atoms with Crippen molar-refractivity contribution in [3.63, 3.8) is 0 Å². The van der Waals surface area contributed by atoms with E-state index in [0.717, 1.165) is 12.2 Å². The molecule has 0 atom stereocenters. The first-order chi connectivity index (χ1) is 11.1. The van der Waals surface area contributed by atoms with Gasteiger partial charge in [0.25, 0.3) is 5.91 Å². The summed E-state index contributed by atoms with van der Waals surface area (Å²) in [4.78, 5) is 14.2. The van der Waals surface area contributed by atoms with Gasteiger partial charge in [-0.15, -0.1) is 0 Å². The van der Waals surface area contributed by atoms with Crippen molar-refractivity contribution >= 4 is 23.2 Å². The number of benzene rings is 2. The summed E-state index contributed by atoms with van der Waals surface area (Å²) in [6, 6.07) is 14.7. The minimum Gasteiger partial charge on any atom is -0.492 e. The van der Waals surface area contributed by atoms with Crippen molar-refractivity contribution in [2.45, 2.75) is 6.92 Å². The molecule has 2 aromatic carbocycles. The molecule has 1 N–H and O–H groups in total. The average Bonchev–Trinajstić information content (AvgIpc) is 2.58. The molecule has 2 rings (SSSR count). The number of halogens is 1. The summed E-state index contributed by atoms with van der Waals surface area (Å²) in [6.07, 6.45) is 0. The Hall–Kier alpha value is -2.20. The standard InChI is InChI=1S/C18H21ClN2O2/c1-3-21(2)16-9-7-14(8-10-16)18(22)20-11-12-23-17-6-4-5-15(19)13-17/h4-10,13H,3,11-12H2,1-2H3,(H,20,22). The van der Waals surface area contributed by atoms with Gasteiger partial charge in [0.1, 0.15) is 12.4 Å². The fourth-order valence-electron chi connectivity index (χ4n) is 2.04. The maximum Gasteiger partial charge on any atom is 0.251 e. The van der Waals surface area contributed by atoms with E-state index in [1.54, 1.807) is 12.1 Å². The number of hydrogen-bond donors (Lipinski definition) is 1. The van der Waals surface area contributed by atoms with Crippen LogP contribution in [-0.4, -0.2) is 32.7 Å². The first-order valence-corrected chi connectivity index (χ1v) is 7.95. The van der Waals surface area contributed by atoms with Gasteiger partial charge in [0.15, 0.2) is 0 Å². The van der Waals surface area contributed by atoms with E-state index in [1.165, 1.54) is 0 Å². The Kier molecular flexibility index (Phi) is 6.29. The van der Waals surface area contributed by atoms with Crippen LogP contribution in [0.2, 0.25) is 5.02 Å². The third-order valence-electron chi connectivity index (χ3n) is 3.50. The summed E-state index contributed by atoms with van der Waals surface area (Å²) in [5.74, 6) is 0.587. The maximum atomic E-state index is 12.1. The predicted octanol–water partition coefficient (Wildman–Crippen LogP) is 3.60. The molecule has 2 aromatic rings.